The van der Waals surface area contributed by atoms with E-state index in [1.807, 2.05) is 29.2 Å². The van der Waals surface area contributed by atoms with E-state index in [4.69, 9.17) is 25.0 Å². The van der Waals surface area contributed by atoms with E-state index in [2.05, 4.69) is 6.07 Å². The van der Waals surface area contributed by atoms with Gasteiger partial charge in [-0.15, -0.1) is 0 Å². The zero-order valence-corrected chi connectivity index (χ0v) is 18.4. The van der Waals surface area contributed by atoms with Gasteiger partial charge in [0, 0.05) is 36.3 Å². The minimum absolute atomic E-state index is 0.145. The predicted molar refractivity (Wildman–Crippen MR) is 121 cm³/mol. The molecule has 0 aromatic heterocycles. The zero-order valence-electron chi connectivity index (χ0n) is 18.4. The molecule has 2 aromatic rings. The maximum Gasteiger partial charge on any atom is 0.258 e. The highest BCUT2D eigenvalue weighted by atomic mass is 16.7. The van der Waals surface area contributed by atoms with Crippen LogP contribution in [-0.4, -0.2) is 66.7 Å². The Morgan fingerprint density at radius 2 is 1.88 bits per heavy atom. The van der Waals surface area contributed by atoms with Gasteiger partial charge in [-0.05, 0) is 36.8 Å². The summed E-state index contributed by atoms with van der Waals surface area (Å²) in [4.78, 5) is 15.5. The van der Waals surface area contributed by atoms with Gasteiger partial charge in [-0.2, -0.15) is 10.4 Å². The summed E-state index contributed by atoms with van der Waals surface area (Å²) < 4.78 is 16.6. The Hall–Kier alpha value is -3.61. The van der Waals surface area contributed by atoms with Crippen LogP contribution in [0.5, 0.6) is 11.5 Å². The van der Waals surface area contributed by atoms with Crippen molar-refractivity contribution >= 4 is 17.3 Å². The number of nitriles is 1. The SMILES string of the molecule is CC1(C#N)Cc2cc3c(cc2C(c2ccc(N)cc2)=NN1C(=O)CN1CCOCC1)OCO3. The third-order valence-corrected chi connectivity index (χ3v) is 6.18. The van der Waals surface area contributed by atoms with Crippen molar-refractivity contribution in [3.8, 4) is 17.6 Å². The van der Waals surface area contributed by atoms with Gasteiger partial charge < -0.3 is 19.9 Å². The maximum absolute atomic E-state index is 13.5. The molecule has 1 amide bonds. The fraction of sp³-hybridized carbons (Fsp3) is 0.375. The molecule has 1 unspecified atom stereocenters. The van der Waals surface area contributed by atoms with E-state index in [9.17, 15) is 10.1 Å². The molecule has 33 heavy (non-hydrogen) atoms. The van der Waals surface area contributed by atoms with Crippen LogP contribution in [0.15, 0.2) is 41.5 Å². The Balaban J connectivity index is 1.62. The average Bonchev–Trinajstić information content (AvgIpc) is 3.23. The molecule has 1 fully saturated rings. The summed E-state index contributed by atoms with van der Waals surface area (Å²) in [6, 6.07) is 13.4. The number of benzene rings is 2. The Morgan fingerprint density at radius 1 is 1.18 bits per heavy atom. The molecule has 2 aromatic carbocycles. The molecule has 2 N–H and O–H groups in total. The number of nitrogens with two attached hydrogens (primary N) is 1. The standard InChI is InChI=1S/C24H25N5O4/c1-24(14-25)12-17-10-20-21(33-15-32-20)11-19(17)23(16-2-4-18(26)5-3-16)27-29(24)22(30)13-28-6-8-31-9-7-28/h2-5,10-11H,6-9,12-13,15,26H2,1H3. The largest absolute Gasteiger partial charge is 0.454 e. The zero-order chi connectivity index (χ0) is 23.0. The Labute approximate surface area is 191 Å². The minimum Gasteiger partial charge on any atom is -0.454 e. The summed E-state index contributed by atoms with van der Waals surface area (Å²) in [7, 11) is 0. The fourth-order valence-electron chi connectivity index (χ4n) is 4.35. The van der Waals surface area contributed by atoms with Gasteiger partial charge in [0.25, 0.3) is 5.91 Å². The second-order valence-corrected chi connectivity index (χ2v) is 8.59. The third-order valence-electron chi connectivity index (χ3n) is 6.18. The molecule has 3 heterocycles. The fourth-order valence-corrected chi connectivity index (χ4v) is 4.35. The third kappa shape index (κ3) is 3.99. The van der Waals surface area contributed by atoms with E-state index >= 15 is 0 Å². The Morgan fingerprint density at radius 3 is 2.58 bits per heavy atom. The molecule has 3 aliphatic heterocycles. The van der Waals surface area contributed by atoms with E-state index in [1.54, 1.807) is 19.1 Å². The number of nitrogens with zero attached hydrogens (tertiary/aromatic N) is 4. The summed E-state index contributed by atoms with van der Waals surface area (Å²) >= 11 is 0. The van der Waals surface area contributed by atoms with E-state index in [0.29, 0.717) is 55.6 Å². The first-order chi connectivity index (χ1) is 16.0. The van der Waals surface area contributed by atoms with E-state index < -0.39 is 5.54 Å². The number of hydrogen-bond acceptors (Lipinski definition) is 8. The van der Waals surface area contributed by atoms with Crippen LogP contribution >= 0.6 is 0 Å². The van der Waals surface area contributed by atoms with E-state index in [1.165, 1.54) is 5.01 Å². The topological polar surface area (TPSA) is 113 Å². The highest BCUT2D eigenvalue weighted by molar-refractivity contribution is 6.14. The molecule has 1 atom stereocenters. The lowest BCUT2D eigenvalue weighted by Gasteiger charge is -2.33. The lowest BCUT2D eigenvalue weighted by molar-refractivity contribution is -0.137. The molecule has 0 radical (unpaired) electrons. The van der Waals surface area contributed by atoms with E-state index in [0.717, 1.165) is 16.7 Å². The lowest BCUT2D eigenvalue weighted by atomic mass is 9.88. The van der Waals surface area contributed by atoms with Gasteiger partial charge in [-0.1, -0.05) is 12.1 Å². The molecule has 9 heteroatoms. The smallest absolute Gasteiger partial charge is 0.258 e. The number of amides is 1. The maximum atomic E-state index is 13.5. The van der Waals surface area contributed by atoms with Crippen molar-refractivity contribution in [1.82, 2.24) is 9.91 Å². The van der Waals surface area contributed by atoms with Gasteiger partial charge in [0.15, 0.2) is 17.0 Å². The van der Waals surface area contributed by atoms with Crippen LogP contribution in [0, 0.1) is 11.3 Å². The number of ether oxygens (including phenoxy) is 3. The van der Waals surface area contributed by atoms with Crippen LogP contribution in [0.3, 0.4) is 0 Å². The number of hydrogen-bond donors (Lipinski definition) is 1. The van der Waals surface area contributed by atoms with Crippen molar-refractivity contribution in [1.29, 1.82) is 5.26 Å². The van der Waals surface area contributed by atoms with Gasteiger partial charge in [-0.25, -0.2) is 5.01 Å². The summed E-state index contributed by atoms with van der Waals surface area (Å²) in [6.45, 7) is 4.55. The number of anilines is 1. The number of carbonyl (C=O) groups is 1. The molecular weight excluding hydrogens is 422 g/mol. The van der Waals surface area contributed by atoms with Crippen LogP contribution in [-0.2, 0) is 16.0 Å². The van der Waals surface area contributed by atoms with Crippen LogP contribution in [0.1, 0.15) is 23.6 Å². The molecule has 3 aliphatic rings. The molecule has 1 saturated heterocycles. The first-order valence-corrected chi connectivity index (χ1v) is 10.9. The van der Waals surface area contributed by atoms with Crippen molar-refractivity contribution in [2.24, 2.45) is 5.10 Å². The number of rotatable bonds is 3. The second kappa shape index (κ2) is 8.39. The van der Waals surface area contributed by atoms with Crippen LogP contribution in [0.4, 0.5) is 5.69 Å². The van der Waals surface area contributed by atoms with Gasteiger partial charge in [-0.3, -0.25) is 9.69 Å². The summed E-state index contributed by atoms with van der Waals surface area (Å²) in [5.74, 6) is 1.00. The monoisotopic (exact) mass is 447 g/mol. The number of hydrazone groups is 1. The lowest BCUT2D eigenvalue weighted by Crippen LogP contribution is -2.51. The number of fused-ring (bicyclic) bond motifs is 2. The van der Waals surface area contributed by atoms with Crippen molar-refractivity contribution < 1.29 is 19.0 Å². The second-order valence-electron chi connectivity index (χ2n) is 8.59. The molecule has 0 aliphatic carbocycles. The first kappa shape index (κ1) is 21.2. The Bertz CT molecular complexity index is 1150. The summed E-state index contributed by atoms with van der Waals surface area (Å²) in [6.07, 6.45) is 0.298. The highest BCUT2D eigenvalue weighted by Crippen LogP contribution is 2.39. The van der Waals surface area contributed by atoms with Crippen LogP contribution in [0.2, 0.25) is 0 Å². The van der Waals surface area contributed by atoms with Gasteiger partial charge in [0.1, 0.15) is 0 Å². The molecule has 0 saturated carbocycles. The Kier molecular flexibility index (Phi) is 5.40. The molecule has 0 bridgehead atoms. The van der Waals surface area contributed by atoms with Gasteiger partial charge in [0.05, 0.1) is 31.5 Å². The predicted octanol–water partition coefficient (Wildman–Crippen LogP) is 1.75. The number of morpholine rings is 1. The quantitative estimate of drug-likeness (QED) is 0.713. The number of nitrogen functional groups attached to an aromatic ring is 1. The summed E-state index contributed by atoms with van der Waals surface area (Å²) in [5.41, 5.74) is 8.38. The van der Waals surface area contributed by atoms with Crippen LogP contribution < -0.4 is 15.2 Å². The van der Waals surface area contributed by atoms with Crippen LogP contribution in [0.25, 0.3) is 0 Å². The van der Waals surface area contributed by atoms with Gasteiger partial charge in [0.2, 0.25) is 6.79 Å². The molecular formula is C24H25N5O4. The van der Waals surface area contributed by atoms with E-state index in [-0.39, 0.29) is 19.2 Å². The van der Waals surface area contributed by atoms with Crippen molar-refractivity contribution in [2.45, 2.75) is 18.9 Å². The highest BCUT2D eigenvalue weighted by Gasteiger charge is 2.41. The number of carbonyl (C=O) groups excluding carboxylic acids is 1. The van der Waals surface area contributed by atoms with Crippen molar-refractivity contribution in [3.05, 3.63) is 53.1 Å². The average molecular weight is 447 g/mol. The normalized spacial score (nSPS) is 22.2. The summed E-state index contributed by atoms with van der Waals surface area (Å²) in [5, 5.41) is 16.4. The van der Waals surface area contributed by atoms with Gasteiger partial charge >= 0.3 is 0 Å². The first-order valence-electron chi connectivity index (χ1n) is 10.9. The molecule has 5 rings (SSSR count). The minimum atomic E-state index is -1.18. The molecule has 170 valence electrons. The van der Waals surface area contributed by atoms with Crippen molar-refractivity contribution in [2.75, 3.05) is 45.4 Å². The molecule has 9 nitrogen and oxygen atoms in total. The molecule has 0 spiro atoms. The van der Waals surface area contributed by atoms with Crippen molar-refractivity contribution in [3.63, 3.8) is 0 Å².